The van der Waals surface area contributed by atoms with Crippen LogP contribution in [0.25, 0.3) is 0 Å². The number of nitrogens with one attached hydrogen (secondary N) is 1. The van der Waals surface area contributed by atoms with E-state index >= 15 is 0 Å². The number of aromatic nitrogens is 1. The molecule has 0 fully saturated rings. The highest BCUT2D eigenvalue weighted by Gasteiger charge is 2.29. The first-order chi connectivity index (χ1) is 11.0. The van der Waals surface area contributed by atoms with Gasteiger partial charge in [-0.25, -0.2) is 0 Å². The largest absolute Gasteiger partial charge is 0.359 e. The average molecular weight is 340 g/mol. The standard InChI is InChI=1S/C11H11NO3S.C3H7NO.C2H6/c1-2-3-4-16-9-5-8(13)11-7(10(9)14)6-12-15-11;1-3(5)4-2;1-2/h5-6H,2-4H2,1H3;1-2H3,(H,4,5);1-2H3. The van der Waals surface area contributed by atoms with Gasteiger partial charge in [0.2, 0.25) is 23.2 Å². The Hall–Kier alpha value is -1.89. The van der Waals surface area contributed by atoms with E-state index in [1.165, 1.54) is 31.0 Å². The van der Waals surface area contributed by atoms with Crippen LogP contribution in [0.3, 0.4) is 0 Å². The number of thioether (sulfide) groups is 1. The quantitative estimate of drug-likeness (QED) is 0.846. The highest BCUT2D eigenvalue weighted by atomic mass is 32.2. The van der Waals surface area contributed by atoms with Gasteiger partial charge in [0.15, 0.2) is 0 Å². The summed E-state index contributed by atoms with van der Waals surface area (Å²) in [5.74, 6) is 0.486. The minimum absolute atomic E-state index is 0.00463. The Morgan fingerprint density at radius 3 is 2.48 bits per heavy atom. The molecular weight excluding hydrogens is 316 g/mol. The molecule has 1 aromatic rings. The molecule has 23 heavy (non-hydrogen) atoms. The monoisotopic (exact) mass is 340 g/mol. The highest BCUT2D eigenvalue weighted by Crippen LogP contribution is 2.28. The maximum absolute atomic E-state index is 11.9. The second-order valence-corrected chi connectivity index (χ2v) is 5.42. The van der Waals surface area contributed by atoms with Gasteiger partial charge in [0.05, 0.1) is 16.7 Å². The van der Waals surface area contributed by atoms with E-state index < -0.39 is 0 Å². The maximum atomic E-state index is 11.9. The predicted molar refractivity (Wildman–Crippen MR) is 91.7 cm³/mol. The van der Waals surface area contributed by atoms with E-state index in [-0.39, 0.29) is 28.8 Å². The Kier molecular flexibility index (Phi) is 10.7. The predicted octanol–water partition coefficient (Wildman–Crippen LogP) is 3.25. The van der Waals surface area contributed by atoms with Gasteiger partial charge in [-0.05, 0) is 12.2 Å². The molecule has 0 aliphatic heterocycles. The summed E-state index contributed by atoms with van der Waals surface area (Å²) in [6.07, 6.45) is 4.75. The Bertz CT molecular complexity index is 564. The molecule has 2 rings (SSSR count). The lowest BCUT2D eigenvalue weighted by Crippen LogP contribution is -2.13. The molecule has 1 amide bonds. The van der Waals surface area contributed by atoms with Gasteiger partial charge in [-0.2, -0.15) is 0 Å². The number of carbonyl (C=O) groups excluding carboxylic acids is 3. The number of carbonyl (C=O) groups is 3. The third kappa shape index (κ3) is 6.81. The molecule has 0 bridgehead atoms. The number of rotatable bonds is 4. The summed E-state index contributed by atoms with van der Waals surface area (Å²) in [6.45, 7) is 7.56. The second kappa shape index (κ2) is 11.6. The fourth-order valence-electron chi connectivity index (χ4n) is 1.40. The van der Waals surface area contributed by atoms with Gasteiger partial charge in [0.25, 0.3) is 0 Å². The van der Waals surface area contributed by atoms with E-state index in [0.717, 1.165) is 18.6 Å². The van der Waals surface area contributed by atoms with Crippen molar-refractivity contribution in [2.75, 3.05) is 12.8 Å². The molecule has 0 spiro atoms. The van der Waals surface area contributed by atoms with Crippen molar-refractivity contribution in [3.63, 3.8) is 0 Å². The van der Waals surface area contributed by atoms with E-state index in [2.05, 4.69) is 17.4 Å². The smallest absolute Gasteiger partial charge is 0.225 e. The minimum atomic E-state index is -0.272. The van der Waals surface area contributed by atoms with Crippen LogP contribution in [-0.4, -0.2) is 35.4 Å². The summed E-state index contributed by atoms with van der Waals surface area (Å²) < 4.78 is 4.74. The van der Waals surface area contributed by atoms with Crippen molar-refractivity contribution in [3.05, 3.63) is 28.5 Å². The van der Waals surface area contributed by atoms with Crippen molar-refractivity contribution in [1.29, 1.82) is 0 Å². The maximum Gasteiger partial charge on any atom is 0.225 e. The molecule has 1 aliphatic rings. The van der Waals surface area contributed by atoms with Gasteiger partial charge in [-0.1, -0.05) is 32.3 Å². The molecule has 1 aromatic heterocycles. The highest BCUT2D eigenvalue weighted by molar-refractivity contribution is 8.04. The lowest BCUT2D eigenvalue weighted by molar-refractivity contribution is -0.118. The number of unbranched alkanes of at least 4 members (excludes halogenated alkanes) is 1. The van der Waals surface area contributed by atoms with Crippen molar-refractivity contribution in [3.8, 4) is 0 Å². The molecule has 1 heterocycles. The summed E-state index contributed by atoms with van der Waals surface area (Å²) >= 11 is 1.42. The van der Waals surface area contributed by atoms with Crippen LogP contribution in [0.1, 0.15) is 61.4 Å². The number of nitrogens with zero attached hydrogens (tertiary/aromatic N) is 1. The first-order valence-corrected chi connectivity index (χ1v) is 8.56. The van der Waals surface area contributed by atoms with E-state index in [1.807, 2.05) is 13.8 Å². The molecule has 1 aliphatic carbocycles. The lowest BCUT2D eigenvalue weighted by Gasteiger charge is -2.08. The van der Waals surface area contributed by atoms with Crippen LogP contribution in [0.5, 0.6) is 0 Å². The van der Waals surface area contributed by atoms with Gasteiger partial charge >= 0.3 is 0 Å². The molecule has 0 saturated heterocycles. The number of hydrogen-bond donors (Lipinski definition) is 1. The molecule has 0 atom stereocenters. The molecule has 7 heteroatoms. The third-order valence-electron chi connectivity index (χ3n) is 2.63. The first-order valence-electron chi connectivity index (χ1n) is 7.57. The number of Topliss-reactive ketones (excluding diaryl/α,β-unsaturated/α-hetero) is 1. The lowest BCUT2D eigenvalue weighted by atomic mass is 10.0. The van der Waals surface area contributed by atoms with Crippen LogP contribution in [0, 0.1) is 0 Å². The van der Waals surface area contributed by atoms with Crippen LogP contribution in [0.2, 0.25) is 0 Å². The first kappa shape index (κ1) is 21.1. The Morgan fingerprint density at radius 1 is 1.35 bits per heavy atom. The number of ketones is 2. The molecule has 0 unspecified atom stereocenters. The van der Waals surface area contributed by atoms with Gasteiger partial charge in [0, 0.05) is 20.0 Å². The topological polar surface area (TPSA) is 89.3 Å². The second-order valence-electron chi connectivity index (χ2n) is 4.28. The Labute approximate surface area is 141 Å². The molecule has 0 aromatic carbocycles. The molecule has 0 saturated carbocycles. The Morgan fingerprint density at radius 2 is 1.96 bits per heavy atom. The number of fused-ring (bicyclic) bond motifs is 1. The molecule has 6 nitrogen and oxygen atoms in total. The van der Waals surface area contributed by atoms with Crippen LogP contribution < -0.4 is 5.32 Å². The summed E-state index contributed by atoms with van der Waals surface area (Å²) in [7, 11) is 1.60. The molecular formula is C16H24N2O4S. The van der Waals surface area contributed by atoms with Crippen molar-refractivity contribution in [1.82, 2.24) is 10.5 Å². The number of amides is 1. The summed E-state index contributed by atoms with van der Waals surface area (Å²) in [5, 5.41) is 5.87. The molecule has 128 valence electrons. The zero-order valence-electron chi connectivity index (χ0n) is 14.3. The fourth-order valence-corrected chi connectivity index (χ4v) is 2.48. The minimum Gasteiger partial charge on any atom is -0.359 e. The van der Waals surface area contributed by atoms with Crippen molar-refractivity contribution < 1.29 is 18.9 Å². The normalized spacial score (nSPS) is 12.1. The molecule has 0 radical (unpaired) electrons. The summed E-state index contributed by atoms with van der Waals surface area (Å²) in [6, 6.07) is 0. The van der Waals surface area contributed by atoms with E-state index in [4.69, 9.17) is 4.52 Å². The van der Waals surface area contributed by atoms with Crippen LogP contribution in [0.15, 0.2) is 21.7 Å². The Balaban J connectivity index is 0.000000594. The average Bonchev–Trinajstić information content (AvgIpc) is 3.05. The van der Waals surface area contributed by atoms with Crippen LogP contribution in [-0.2, 0) is 4.79 Å². The summed E-state index contributed by atoms with van der Waals surface area (Å²) in [4.78, 5) is 33.6. The zero-order valence-corrected chi connectivity index (χ0v) is 15.1. The SMILES string of the molecule is CC.CCCCSC1=CC(=O)c2oncc2C1=O.CNC(C)=O. The van der Waals surface area contributed by atoms with Gasteiger partial charge in [0.1, 0.15) is 0 Å². The number of hydrogen-bond acceptors (Lipinski definition) is 6. The van der Waals surface area contributed by atoms with Crippen LogP contribution >= 0.6 is 11.8 Å². The third-order valence-corrected chi connectivity index (χ3v) is 3.74. The zero-order chi connectivity index (χ0) is 17.8. The summed E-state index contributed by atoms with van der Waals surface area (Å²) in [5.41, 5.74) is 0.284. The van der Waals surface area contributed by atoms with Crippen molar-refractivity contribution in [2.24, 2.45) is 0 Å². The van der Waals surface area contributed by atoms with Gasteiger partial charge < -0.3 is 9.84 Å². The van der Waals surface area contributed by atoms with E-state index in [0.29, 0.717) is 4.91 Å². The molecule has 1 N–H and O–H groups in total. The van der Waals surface area contributed by atoms with Crippen molar-refractivity contribution in [2.45, 2.75) is 40.5 Å². The van der Waals surface area contributed by atoms with Crippen molar-refractivity contribution >= 4 is 29.2 Å². The van der Waals surface area contributed by atoms with Crippen LogP contribution in [0.4, 0.5) is 0 Å². The van der Waals surface area contributed by atoms with E-state index in [9.17, 15) is 14.4 Å². The van der Waals surface area contributed by atoms with E-state index in [1.54, 1.807) is 7.05 Å². The van der Waals surface area contributed by atoms with Gasteiger partial charge in [-0.3, -0.25) is 14.4 Å². The van der Waals surface area contributed by atoms with Gasteiger partial charge in [-0.15, -0.1) is 11.8 Å². The number of allylic oxidation sites excluding steroid dienone is 2. The fraction of sp³-hybridized carbons (Fsp3) is 0.500.